The summed E-state index contributed by atoms with van der Waals surface area (Å²) in [7, 11) is 1.72. The molecule has 0 amide bonds. The van der Waals surface area contributed by atoms with Gasteiger partial charge in [0.25, 0.3) is 0 Å². The van der Waals surface area contributed by atoms with Crippen molar-refractivity contribution in [3.05, 3.63) is 65.2 Å². The molecule has 2 aromatic rings. The number of para-hydroxylation sites is 1. The highest BCUT2D eigenvalue weighted by molar-refractivity contribution is 5.36. The maximum atomic E-state index is 5.43. The predicted octanol–water partition coefficient (Wildman–Crippen LogP) is 4.42. The SMILES string of the molecule is COc1ccccc1[C@H](C)NC(C)c1cccc(C)c1. The van der Waals surface area contributed by atoms with E-state index >= 15 is 0 Å². The lowest BCUT2D eigenvalue weighted by atomic mass is 10.0. The van der Waals surface area contributed by atoms with E-state index in [0.29, 0.717) is 6.04 Å². The van der Waals surface area contributed by atoms with E-state index in [1.807, 2.05) is 18.2 Å². The van der Waals surface area contributed by atoms with Crippen molar-refractivity contribution in [2.24, 2.45) is 0 Å². The highest BCUT2D eigenvalue weighted by Crippen LogP contribution is 2.26. The minimum absolute atomic E-state index is 0.238. The molecule has 2 aromatic carbocycles. The van der Waals surface area contributed by atoms with Crippen LogP contribution in [0.15, 0.2) is 48.5 Å². The van der Waals surface area contributed by atoms with E-state index in [1.165, 1.54) is 16.7 Å². The molecule has 0 aliphatic carbocycles. The molecule has 2 nitrogen and oxygen atoms in total. The third kappa shape index (κ3) is 3.40. The van der Waals surface area contributed by atoms with Crippen LogP contribution in [0.1, 0.15) is 42.6 Å². The van der Waals surface area contributed by atoms with E-state index in [0.717, 1.165) is 5.75 Å². The number of ether oxygens (including phenoxy) is 1. The summed E-state index contributed by atoms with van der Waals surface area (Å²) in [5, 5.41) is 3.63. The van der Waals surface area contributed by atoms with Gasteiger partial charge in [0.15, 0.2) is 0 Å². The molecule has 20 heavy (non-hydrogen) atoms. The first-order valence-electron chi connectivity index (χ1n) is 7.07. The molecule has 1 N–H and O–H groups in total. The monoisotopic (exact) mass is 269 g/mol. The van der Waals surface area contributed by atoms with Gasteiger partial charge in [0.1, 0.15) is 5.75 Å². The van der Waals surface area contributed by atoms with Gasteiger partial charge in [-0.25, -0.2) is 0 Å². The van der Waals surface area contributed by atoms with Gasteiger partial charge >= 0.3 is 0 Å². The average Bonchev–Trinajstić information content (AvgIpc) is 2.47. The van der Waals surface area contributed by atoms with Gasteiger partial charge in [0.05, 0.1) is 7.11 Å². The summed E-state index contributed by atoms with van der Waals surface area (Å²) >= 11 is 0. The standard InChI is InChI=1S/C18H23NO/c1-13-8-7-9-16(12-13)14(2)19-15(3)17-10-5-6-11-18(17)20-4/h5-12,14-15,19H,1-4H3/t14?,15-/m0/s1. The number of aryl methyl sites for hydroxylation is 1. The fourth-order valence-corrected chi connectivity index (χ4v) is 2.52. The van der Waals surface area contributed by atoms with Gasteiger partial charge in [-0.15, -0.1) is 0 Å². The summed E-state index contributed by atoms with van der Waals surface area (Å²) in [4.78, 5) is 0. The summed E-state index contributed by atoms with van der Waals surface area (Å²) in [5.74, 6) is 0.934. The Bertz CT molecular complexity index is 565. The molecule has 0 spiro atoms. The fourth-order valence-electron chi connectivity index (χ4n) is 2.52. The van der Waals surface area contributed by atoms with Crippen molar-refractivity contribution in [1.29, 1.82) is 0 Å². The third-order valence-electron chi connectivity index (χ3n) is 3.65. The number of hydrogen-bond acceptors (Lipinski definition) is 2. The fraction of sp³-hybridized carbons (Fsp3) is 0.333. The first kappa shape index (κ1) is 14.6. The molecule has 106 valence electrons. The molecule has 0 bridgehead atoms. The smallest absolute Gasteiger partial charge is 0.123 e. The Labute approximate surface area is 121 Å². The zero-order chi connectivity index (χ0) is 14.5. The van der Waals surface area contributed by atoms with E-state index in [-0.39, 0.29) is 6.04 Å². The quantitative estimate of drug-likeness (QED) is 0.867. The number of rotatable bonds is 5. The third-order valence-corrected chi connectivity index (χ3v) is 3.65. The Balaban J connectivity index is 2.13. The van der Waals surface area contributed by atoms with Crippen LogP contribution >= 0.6 is 0 Å². The molecule has 2 heteroatoms. The Morgan fingerprint density at radius 2 is 1.70 bits per heavy atom. The van der Waals surface area contributed by atoms with Gasteiger partial charge in [-0.2, -0.15) is 0 Å². The van der Waals surface area contributed by atoms with Crippen molar-refractivity contribution in [1.82, 2.24) is 5.32 Å². The minimum Gasteiger partial charge on any atom is -0.496 e. The van der Waals surface area contributed by atoms with Crippen LogP contribution in [0.4, 0.5) is 0 Å². The predicted molar refractivity (Wildman–Crippen MR) is 84.1 cm³/mol. The molecule has 0 fully saturated rings. The summed E-state index contributed by atoms with van der Waals surface area (Å²) in [6.07, 6.45) is 0. The molecular weight excluding hydrogens is 246 g/mol. The first-order valence-corrected chi connectivity index (χ1v) is 7.07. The Morgan fingerprint density at radius 3 is 2.40 bits per heavy atom. The lowest BCUT2D eigenvalue weighted by Crippen LogP contribution is -2.22. The second kappa shape index (κ2) is 6.58. The molecule has 0 aliphatic heterocycles. The summed E-state index contributed by atoms with van der Waals surface area (Å²) < 4.78 is 5.43. The highest BCUT2D eigenvalue weighted by Gasteiger charge is 2.14. The lowest BCUT2D eigenvalue weighted by molar-refractivity contribution is 0.396. The summed E-state index contributed by atoms with van der Waals surface area (Å²) in [5.41, 5.74) is 3.79. The number of nitrogens with one attached hydrogen (secondary N) is 1. The Morgan fingerprint density at radius 1 is 0.950 bits per heavy atom. The molecule has 2 atom stereocenters. The van der Waals surface area contributed by atoms with E-state index in [4.69, 9.17) is 4.74 Å². The molecular formula is C18H23NO. The van der Waals surface area contributed by atoms with E-state index in [1.54, 1.807) is 7.11 Å². The molecule has 1 unspecified atom stereocenters. The van der Waals surface area contributed by atoms with Gasteiger partial charge in [0, 0.05) is 17.6 Å². The second-order valence-corrected chi connectivity index (χ2v) is 5.27. The lowest BCUT2D eigenvalue weighted by Gasteiger charge is -2.22. The van der Waals surface area contributed by atoms with Crippen LogP contribution in [0.25, 0.3) is 0 Å². The molecule has 0 aliphatic rings. The van der Waals surface area contributed by atoms with Crippen molar-refractivity contribution in [2.45, 2.75) is 32.9 Å². The van der Waals surface area contributed by atoms with E-state index < -0.39 is 0 Å². The zero-order valence-electron chi connectivity index (χ0n) is 12.7. The highest BCUT2D eigenvalue weighted by atomic mass is 16.5. The Hall–Kier alpha value is -1.80. The topological polar surface area (TPSA) is 21.3 Å². The Kier molecular flexibility index (Phi) is 4.80. The van der Waals surface area contributed by atoms with Crippen LogP contribution in [0.2, 0.25) is 0 Å². The molecule has 0 heterocycles. The summed E-state index contributed by atoms with van der Waals surface area (Å²) in [6.45, 7) is 6.49. The number of benzene rings is 2. The molecule has 0 aromatic heterocycles. The average molecular weight is 269 g/mol. The van der Waals surface area contributed by atoms with Gasteiger partial charge in [-0.05, 0) is 32.4 Å². The van der Waals surface area contributed by atoms with Crippen LogP contribution in [-0.4, -0.2) is 7.11 Å². The molecule has 2 rings (SSSR count). The first-order chi connectivity index (χ1) is 9.61. The second-order valence-electron chi connectivity index (χ2n) is 5.27. The minimum atomic E-state index is 0.238. The zero-order valence-corrected chi connectivity index (χ0v) is 12.7. The van der Waals surface area contributed by atoms with Crippen LogP contribution in [0.5, 0.6) is 5.75 Å². The van der Waals surface area contributed by atoms with E-state index in [9.17, 15) is 0 Å². The van der Waals surface area contributed by atoms with Crippen molar-refractivity contribution in [3.63, 3.8) is 0 Å². The van der Waals surface area contributed by atoms with Gasteiger partial charge in [0.2, 0.25) is 0 Å². The van der Waals surface area contributed by atoms with Gasteiger partial charge in [-0.3, -0.25) is 0 Å². The number of methoxy groups -OCH3 is 1. The summed E-state index contributed by atoms with van der Waals surface area (Å²) in [6, 6.07) is 17.3. The maximum absolute atomic E-state index is 5.43. The normalized spacial score (nSPS) is 13.8. The van der Waals surface area contributed by atoms with Crippen LogP contribution in [0.3, 0.4) is 0 Å². The van der Waals surface area contributed by atoms with Crippen molar-refractivity contribution in [3.8, 4) is 5.75 Å². The molecule has 0 saturated heterocycles. The van der Waals surface area contributed by atoms with Crippen molar-refractivity contribution >= 4 is 0 Å². The molecule has 0 saturated carbocycles. The van der Waals surface area contributed by atoms with Gasteiger partial charge < -0.3 is 10.1 Å². The largest absolute Gasteiger partial charge is 0.496 e. The van der Waals surface area contributed by atoms with Crippen molar-refractivity contribution in [2.75, 3.05) is 7.11 Å². The van der Waals surface area contributed by atoms with Crippen molar-refractivity contribution < 1.29 is 4.74 Å². The van der Waals surface area contributed by atoms with E-state index in [2.05, 4.69) is 56.4 Å². The van der Waals surface area contributed by atoms with Crippen LogP contribution in [0, 0.1) is 6.92 Å². The van der Waals surface area contributed by atoms with Crippen LogP contribution < -0.4 is 10.1 Å². The maximum Gasteiger partial charge on any atom is 0.123 e. The van der Waals surface area contributed by atoms with Gasteiger partial charge in [-0.1, -0.05) is 48.0 Å². The van der Waals surface area contributed by atoms with Crippen LogP contribution in [-0.2, 0) is 0 Å². The molecule has 0 radical (unpaired) electrons. The number of hydrogen-bond donors (Lipinski definition) is 1.